The van der Waals surface area contributed by atoms with Gasteiger partial charge in [0.1, 0.15) is 19.8 Å². The summed E-state index contributed by atoms with van der Waals surface area (Å²) in [4.78, 5) is 22.9. The molecular formula is C46H89NO7P+. The number of hydrogen-bond acceptors (Lipinski definition) is 6. The minimum absolute atomic E-state index is 0.0480. The third-order valence-electron chi connectivity index (χ3n) is 9.77. The second-order valence-electron chi connectivity index (χ2n) is 16.5. The zero-order chi connectivity index (χ0) is 40.6. The fourth-order valence-electron chi connectivity index (χ4n) is 6.20. The van der Waals surface area contributed by atoms with E-state index in [0.717, 1.165) is 38.5 Å². The first-order valence-corrected chi connectivity index (χ1v) is 24.3. The Balaban J connectivity index is 4.25. The van der Waals surface area contributed by atoms with Gasteiger partial charge in [-0.2, -0.15) is 0 Å². The van der Waals surface area contributed by atoms with Crippen LogP contribution in [0.1, 0.15) is 200 Å². The van der Waals surface area contributed by atoms with E-state index in [1.807, 2.05) is 27.2 Å². The van der Waals surface area contributed by atoms with Gasteiger partial charge >= 0.3 is 13.8 Å². The van der Waals surface area contributed by atoms with E-state index in [9.17, 15) is 14.3 Å². The van der Waals surface area contributed by atoms with Crippen LogP contribution in [0.15, 0.2) is 36.6 Å². The molecule has 324 valence electrons. The van der Waals surface area contributed by atoms with E-state index in [4.69, 9.17) is 18.5 Å². The monoisotopic (exact) mass is 799 g/mol. The number of phosphoric ester groups is 1. The van der Waals surface area contributed by atoms with Crippen molar-refractivity contribution in [3.63, 3.8) is 0 Å². The number of nitrogens with zero attached hydrogens (tertiary/aromatic N) is 1. The summed E-state index contributed by atoms with van der Waals surface area (Å²) < 4.78 is 34.8. The Bertz CT molecular complexity index is 978. The van der Waals surface area contributed by atoms with E-state index in [1.54, 1.807) is 6.26 Å². The topological polar surface area (TPSA) is 91.3 Å². The van der Waals surface area contributed by atoms with Gasteiger partial charge < -0.3 is 18.9 Å². The number of allylic oxidation sites excluding steroid dienone is 5. The van der Waals surface area contributed by atoms with Crippen molar-refractivity contribution < 1.29 is 37.3 Å². The Kier molecular flexibility index (Phi) is 38.4. The first-order valence-electron chi connectivity index (χ1n) is 22.8. The molecule has 0 bridgehead atoms. The highest BCUT2D eigenvalue weighted by molar-refractivity contribution is 7.47. The summed E-state index contributed by atoms with van der Waals surface area (Å²) in [5.41, 5.74) is 0. The van der Waals surface area contributed by atoms with Gasteiger partial charge in [-0.1, -0.05) is 167 Å². The maximum absolute atomic E-state index is 12.7. The van der Waals surface area contributed by atoms with Gasteiger partial charge in [0.05, 0.1) is 34.0 Å². The Hall–Kier alpha value is -1.44. The molecule has 0 saturated heterocycles. The van der Waals surface area contributed by atoms with Crippen molar-refractivity contribution in [2.45, 2.75) is 206 Å². The highest BCUT2D eigenvalue weighted by atomic mass is 31.2. The first kappa shape index (κ1) is 53.6. The molecule has 9 heteroatoms. The van der Waals surface area contributed by atoms with Crippen LogP contribution in [0, 0.1) is 0 Å². The average molecular weight is 799 g/mol. The number of esters is 1. The molecule has 2 atom stereocenters. The van der Waals surface area contributed by atoms with E-state index in [-0.39, 0.29) is 25.8 Å². The van der Waals surface area contributed by atoms with Crippen molar-refractivity contribution in [1.82, 2.24) is 0 Å². The van der Waals surface area contributed by atoms with E-state index >= 15 is 0 Å². The number of hydrogen-bond donors (Lipinski definition) is 1. The number of unbranched alkanes of at least 4 members (excludes halogenated alkanes) is 24. The number of carbonyl (C=O) groups excluding carboxylic acids is 1. The normalized spacial score (nSPS) is 14.0. The highest BCUT2D eigenvalue weighted by Crippen LogP contribution is 2.43. The molecule has 0 amide bonds. The van der Waals surface area contributed by atoms with Gasteiger partial charge in [-0.25, -0.2) is 4.57 Å². The maximum Gasteiger partial charge on any atom is 0.472 e. The van der Waals surface area contributed by atoms with Crippen LogP contribution in [-0.4, -0.2) is 69.0 Å². The number of carbonyl (C=O) groups is 1. The third kappa shape index (κ3) is 43.5. The second-order valence-corrected chi connectivity index (χ2v) is 18.0. The molecule has 0 aromatic carbocycles. The molecule has 0 saturated carbocycles. The van der Waals surface area contributed by atoms with E-state index < -0.39 is 13.9 Å². The number of likely N-dealkylation sites (N-methyl/N-ethyl adjacent to an activating group) is 1. The fourth-order valence-corrected chi connectivity index (χ4v) is 6.94. The number of ether oxygens (including phenoxy) is 2. The van der Waals surface area contributed by atoms with Crippen LogP contribution in [0.4, 0.5) is 0 Å². The zero-order valence-corrected chi connectivity index (χ0v) is 37.6. The van der Waals surface area contributed by atoms with Crippen molar-refractivity contribution >= 4 is 13.8 Å². The molecule has 0 radical (unpaired) electrons. The van der Waals surface area contributed by atoms with Crippen LogP contribution in [0.3, 0.4) is 0 Å². The smallest absolute Gasteiger partial charge is 0.472 e. The second kappa shape index (κ2) is 39.4. The third-order valence-corrected chi connectivity index (χ3v) is 10.8. The molecule has 0 aliphatic rings. The zero-order valence-electron chi connectivity index (χ0n) is 36.7. The van der Waals surface area contributed by atoms with E-state index in [0.29, 0.717) is 17.4 Å². The lowest BCUT2D eigenvalue weighted by Gasteiger charge is -2.24. The van der Waals surface area contributed by atoms with Crippen LogP contribution < -0.4 is 0 Å². The predicted octanol–water partition coefficient (Wildman–Crippen LogP) is 13.7. The minimum Gasteiger partial charge on any atom is -0.498 e. The van der Waals surface area contributed by atoms with Crippen molar-refractivity contribution in [2.24, 2.45) is 0 Å². The Labute approximate surface area is 340 Å². The molecule has 0 aliphatic heterocycles. The number of rotatable bonds is 42. The van der Waals surface area contributed by atoms with Gasteiger partial charge in [0.25, 0.3) is 0 Å². The van der Waals surface area contributed by atoms with Gasteiger partial charge in [-0.15, -0.1) is 0 Å². The number of phosphoric acid groups is 1. The standard InChI is InChI=1S/C46H88NO7P/c1-6-8-10-12-14-16-18-20-22-23-24-25-26-27-29-31-33-35-37-39-46(48)54-45(44-53-55(49,50)52-42-40-47(3,4)5)43-51-41-38-36-34-32-30-28-21-19-17-15-13-11-9-7-2/h14,16,20,22,38,41,45H,6-13,15,17-19,21,23-37,39-40,42-44H2,1-5H3/p+1/b16-14-,22-20-,41-38-/t45-/m1/s1. The Morgan fingerprint density at radius 1 is 0.582 bits per heavy atom. The van der Waals surface area contributed by atoms with Crippen molar-refractivity contribution in [1.29, 1.82) is 0 Å². The van der Waals surface area contributed by atoms with Crippen LogP contribution >= 0.6 is 7.82 Å². The summed E-state index contributed by atoms with van der Waals surface area (Å²) in [5, 5.41) is 0. The fraction of sp³-hybridized carbons (Fsp3) is 0.848. The van der Waals surface area contributed by atoms with E-state index in [1.165, 1.54) is 141 Å². The average Bonchev–Trinajstić information content (AvgIpc) is 3.13. The summed E-state index contributed by atoms with van der Waals surface area (Å²) in [7, 11) is 1.63. The predicted molar refractivity (Wildman–Crippen MR) is 233 cm³/mol. The Morgan fingerprint density at radius 2 is 1.02 bits per heavy atom. The van der Waals surface area contributed by atoms with Gasteiger partial charge in [0, 0.05) is 6.42 Å². The molecule has 1 N–H and O–H groups in total. The van der Waals surface area contributed by atoms with Crippen molar-refractivity contribution in [3.05, 3.63) is 36.6 Å². The van der Waals surface area contributed by atoms with Gasteiger partial charge in [0.15, 0.2) is 6.10 Å². The lowest BCUT2D eigenvalue weighted by atomic mass is 10.0. The molecule has 0 aromatic rings. The molecule has 0 spiro atoms. The summed E-state index contributed by atoms with van der Waals surface area (Å²) in [6.45, 7) is 4.91. The molecule has 1 unspecified atom stereocenters. The quantitative estimate of drug-likeness (QED) is 0.0164. The molecule has 0 heterocycles. The van der Waals surface area contributed by atoms with E-state index in [2.05, 4.69) is 38.2 Å². The molecule has 55 heavy (non-hydrogen) atoms. The van der Waals surface area contributed by atoms with Crippen molar-refractivity contribution in [3.8, 4) is 0 Å². The molecule has 0 rings (SSSR count). The number of quaternary nitrogens is 1. The summed E-state index contributed by atoms with van der Waals surface area (Å²) >= 11 is 0. The molecular weight excluding hydrogens is 709 g/mol. The SMILES string of the molecule is CCCCC/C=C\C/C=C\CCCCCCCCCCCC(=O)O[C@H](CO/C=C\CCCCCCCCCCCCCC)COP(=O)(O)OCC[N+](C)(C)C. The van der Waals surface area contributed by atoms with Crippen LogP contribution in [0.5, 0.6) is 0 Å². The highest BCUT2D eigenvalue weighted by Gasteiger charge is 2.26. The lowest BCUT2D eigenvalue weighted by Crippen LogP contribution is -2.37. The Morgan fingerprint density at radius 3 is 1.53 bits per heavy atom. The van der Waals surface area contributed by atoms with Crippen LogP contribution in [0.25, 0.3) is 0 Å². The molecule has 0 aliphatic carbocycles. The van der Waals surface area contributed by atoms with Gasteiger partial charge in [0.2, 0.25) is 0 Å². The maximum atomic E-state index is 12.7. The summed E-state index contributed by atoms with van der Waals surface area (Å²) in [6.07, 6.45) is 47.0. The largest absolute Gasteiger partial charge is 0.498 e. The van der Waals surface area contributed by atoms with Crippen molar-refractivity contribution in [2.75, 3.05) is 47.5 Å². The molecule has 0 aromatic heterocycles. The molecule has 0 fully saturated rings. The van der Waals surface area contributed by atoms with Gasteiger partial charge in [-0.05, 0) is 57.4 Å². The van der Waals surface area contributed by atoms with Crippen LogP contribution in [0.2, 0.25) is 0 Å². The molecule has 8 nitrogen and oxygen atoms in total. The first-order chi connectivity index (χ1) is 26.6. The summed E-state index contributed by atoms with van der Waals surface area (Å²) in [6, 6.07) is 0. The lowest BCUT2D eigenvalue weighted by molar-refractivity contribution is -0.870. The summed E-state index contributed by atoms with van der Waals surface area (Å²) in [5.74, 6) is -0.339. The van der Waals surface area contributed by atoms with Crippen LogP contribution in [-0.2, 0) is 27.9 Å². The van der Waals surface area contributed by atoms with Gasteiger partial charge in [-0.3, -0.25) is 13.8 Å². The minimum atomic E-state index is -4.29.